The summed E-state index contributed by atoms with van der Waals surface area (Å²) in [5.41, 5.74) is 0. The molecule has 1 atom stereocenters. The van der Waals surface area contributed by atoms with Gasteiger partial charge in [-0.1, -0.05) is 201 Å². The molecule has 350 valence electrons. The van der Waals surface area contributed by atoms with Gasteiger partial charge in [0.2, 0.25) is 0 Å². The second-order valence-electron chi connectivity index (χ2n) is 16.1. The molecule has 0 radical (unpaired) electrons. The first-order chi connectivity index (χ1) is 30.5. The Balaban J connectivity index is 4.57. The lowest BCUT2D eigenvalue weighted by molar-refractivity contribution is -0.167. The van der Waals surface area contributed by atoms with Crippen LogP contribution in [0.5, 0.6) is 0 Å². The van der Waals surface area contributed by atoms with E-state index in [9.17, 15) is 14.4 Å². The van der Waals surface area contributed by atoms with Crippen molar-refractivity contribution in [3.63, 3.8) is 0 Å². The number of allylic oxidation sites excluding steroid dienone is 18. The summed E-state index contributed by atoms with van der Waals surface area (Å²) in [6.07, 6.45) is 66.5. The highest BCUT2D eigenvalue weighted by molar-refractivity contribution is 5.71. The highest BCUT2D eigenvalue weighted by Gasteiger charge is 2.19. The average Bonchev–Trinajstić information content (AvgIpc) is 3.27. The lowest BCUT2D eigenvalue weighted by Crippen LogP contribution is -2.30. The molecule has 62 heavy (non-hydrogen) atoms. The van der Waals surface area contributed by atoms with Crippen LogP contribution in [0, 0.1) is 0 Å². The summed E-state index contributed by atoms with van der Waals surface area (Å²) in [7, 11) is 0. The zero-order valence-corrected chi connectivity index (χ0v) is 39.8. The van der Waals surface area contributed by atoms with Gasteiger partial charge in [-0.25, -0.2) is 0 Å². The molecule has 0 saturated heterocycles. The Morgan fingerprint density at radius 3 is 1.26 bits per heavy atom. The quantitative estimate of drug-likeness (QED) is 0.0200. The summed E-state index contributed by atoms with van der Waals surface area (Å²) in [5.74, 6) is -1.03. The van der Waals surface area contributed by atoms with E-state index in [-0.39, 0.29) is 44.0 Å². The van der Waals surface area contributed by atoms with E-state index in [0.717, 1.165) is 77.0 Å². The fraction of sp³-hybridized carbons (Fsp3) is 0.625. The molecule has 0 bridgehead atoms. The highest BCUT2D eigenvalue weighted by atomic mass is 16.6. The number of ether oxygens (including phenoxy) is 3. The van der Waals surface area contributed by atoms with E-state index in [0.29, 0.717) is 19.3 Å². The molecule has 0 aliphatic rings. The summed E-state index contributed by atoms with van der Waals surface area (Å²) >= 11 is 0. The van der Waals surface area contributed by atoms with Crippen LogP contribution in [-0.4, -0.2) is 37.2 Å². The monoisotopic (exact) mass is 859 g/mol. The minimum absolute atomic E-state index is 0.118. The summed E-state index contributed by atoms with van der Waals surface area (Å²) in [6.45, 7) is 6.35. The molecule has 0 fully saturated rings. The number of hydrogen-bond donors (Lipinski definition) is 0. The van der Waals surface area contributed by atoms with Crippen molar-refractivity contribution in [1.29, 1.82) is 0 Å². The van der Waals surface area contributed by atoms with E-state index in [2.05, 4.69) is 81.5 Å². The van der Waals surface area contributed by atoms with Crippen LogP contribution in [0.15, 0.2) is 109 Å². The average molecular weight is 859 g/mol. The Labute approximate surface area is 380 Å². The van der Waals surface area contributed by atoms with Crippen molar-refractivity contribution in [1.82, 2.24) is 0 Å². The molecule has 0 amide bonds. The van der Waals surface area contributed by atoms with E-state index in [4.69, 9.17) is 14.2 Å². The predicted molar refractivity (Wildman–Crippen MR) is 265 cm³/mol. The summed E-state index contributed by atoms with van der Waals surface area (Å²) in [4.78, 5) is 37.9. The van der Waals surface area contributed by atoms with E-state index in [1.165, 1.54) is 77.0 Å². The van der Waals surface area contributed by atoms with Crippen molar-refractivity contribution in [2.75, 3.05) is 13.2 Å². The van der Waals surface area contributed by atoms with Crippen molar-refractivity contribution in [2.24, 2.45) is 0 Å². The van der Waals surface area contributed by atoms with Crippen LogP contribution in [0.1, 0.15) is 207 Å². The van der Waals surface area contributed by atoms with E-state index in [1.54, 1.807) is 0 Å². The van der Waals surface area contributed by atoms with E-state index >= 15 is 0 Å². The zero-order valence-electron chi connectivity index (χ0n) is 39.8. The van der Waals surface area contributed by atoms with E-state index < -0.39 is 6.10 Å². The molecule has 0 aromatic heterocycles. The normalized spacial score (nSPS) is 13.0. The van der Waals surface area contributed by atoms with Crippen molar-refractivity contribution in [2.45, 2.75) is 213 Å². The lowest BCUT2D eigenvalue weighted by Gasteiger charge is -2.18. The first-order valence-corrected chi connectivity index (χ1v) is 25.0. The molecule has 6 nitrogen and oxygen atoms in total. The first-order valence-electron chi connectivity index (χ1n) is 25.0. The minimum Gasteiger partial charge on any atom is -0.462 e. The largest absolute Gasteiger partial charge is 0.462 e. The number of hydrogen-bond acceptors (Lipinski definition) is 6. The molecule has 0 aromatic rings. The van der Waals surface area contributed by atoms with Gasteiger partial charge in [0.05, 0.1) is 0 Å². The molecule has 0 rings (SSSR count). The Hall–Kier alpha value is -3.93. The van der Waals surface area contributed by atoms with Crippen molar-refractivity contribution in [3.05, 3.63) is 109 Å². The number of carbonyl (C=O) groups is 3. The predicted octanol–water partition coefficient (Wildman–Crippen LogP) is 16.4. The van der Waals surface area contributed by atoms with Gasteiger partial charge in [-0.05, 0) is 96.3 Å². The van der Waals surface area contributed by atoms with Crippen molar-refractivity contribution >= 4 is 17.9 Å². The van der Waals surface area contributed by atoms with E-state index in [1.807, 2.05) is 48.6 Å². The molecule has 0 aliphatic heterocycles. The molecule has 0 aliphatic carbocycles. The molecule has 0 aromatic carbocycles. The molecular weight excluding hydrogens is 769 g/mol. The third kappa shape index (κ3) is 47.1. The second-order valence-corrected chi connectivity index (χ2v) is 16.1. The Morgan fingerprint density at radius 1 is 0.355 bits per heavy atom. The van der Waals surface area contributed by atoms with Crippen LogP contribution in [0.3, 0.4) is 0 Å². The first kappa shape index (κ1) is 58.1. The van der Waals surface area contributed by atoms with Crippen LogP contribution >= 0.6 is 0 Å². The number of rotatable bonds is 43. The standard InChI is InChI=1S/C56H90O6/c1-4-7-10-13-16-19-22-25-27-28-30-31-34-37-40-43-46-49-55(58)61-52-53(51-60-54(57)48-45-42-39-36-33-24-21-18-15-12-9-6-3)62-56(59)50-47-44-41-38-35-32-29-26-23-20-17-14-11-8-5-2/h8,11,14,17-18,20-21,23,25-27,29-32,35,37,40,53H,4-7,9-10,12-13,15-16,19,22,24,28,33-34,36,38-39,41-52H2,1-3H3/b11-8-,17-14-,21-18-,23-20-,27-25-,29-26-,31-30-,35-32-,40-37-. The number of esters is 3. The molecule has 0 N–H and O–H groups in total. The molecule has 6 heteroatoms. The Bertz CT molecular complexity index is 1310. The van der Waals surface area contributed by atoms with Gasteiger partial charge >= 0.3 is 17.9 Å². The molecule has 0 heterocycles. The van der Waals surface area contributed by atoms with Gasteiger partial charge < -0.3 is 14.2 Å². The van der Waals surface area contributed by atoms with Crippen LogP contribution in [0.2, 0.25) is 0 Å². The number of carbonyl (C=O) groups excluding carboxylic acids is 3. The lowest BCUT2D eigenvalue weighted by atomic mass is 10.1. The van der Waals surface area contributed by atoms with Gasteiger partial charge in [0.1, 0.15) is 13.2 Å². The maximum atomic E-state index is 12.8. The minimum atomic E-state index is -0.824. The maximum absolute atomic E-state index is 12.8. The molecule has 1 unspecified atom stereocenters. The summed E-state index contributed by atoms with van der Waals surface area (Å²) in [5, 5.41) is 0. The van der Waals surface area contributed by atoms with Crippen molar-refractivity contribution < 1.29 is 28.6 Å². The molecular formula is C56H90O6. The summed E-state index contributed by atoms with van der Waals surface area (Å²) in [6, 6.07) is 0. The summed E-state index contributed by atoms with van der Waals surface area (Å²) < 4.78 is 16.7. The third-order valence-corrected chi connectivity index (χ3v) is 10.1. The van der Waals surface area contributed by atoms with Gasteiger partial charge in [-0.2, -0.15) is 0 Å². The Morgan fingerprint density at radius 2 is 0.710 bits per heavy atom. The third-order valence-electron chi connectivity index (χ3n) is 10.1. The Kier molecular flexibility index (Phi) is 46.6. The van der Waals surface area contributed by atoms with Gasteiger partial charge in [0, 0.05) is 19.3 Å². The van der Waals surface area contributed by atoms with Crippen LogP contribution in [0.4, 0.5) is 0 Å². The van der Waals surface area contributed by atoms with Gasteiger partial charge in [-0.15, -0.1) is 0 Å². The van der Waals surface area contributed by atoms with Crippen LogP contribution in [0.25, 0.3) is 0 Å². The smallest absolute Gasteiger partial charge is 0.306 e. The SMILES string of the molecule is CC\C=C/C=C\C=C/C=C\C=C/CCCCCC(=O)OC(COC(=O)CCC/C=C\C/C=C\C/C=C\CCCCCCCC)COC(=O)CCCCCCC/C=C\CCCCC. The fourth-order valence-electron chi connectivity index (χ4n) is 6.35. The van der Waals surface area contributed by atoms with Crippen LogP contribution < -0.4 is 0 Å². The number of unbranched alkanes of at least 4 members (excludes halogenated alkanes) is 18. The highest BCUT2D eigenvalue weighted by Crippen LogP contribution is 2.12. The van der Waals surface area contributed by atoms with Crippen LogP contribution in [-0.2, 0) is 28.6 Å². The molecule has 0 spiro atoms. The zero-order chi connectivity index (χ0) is 45.1. The van der Waals surface area contributed by atoms with Gasteiger partial charge in [0.25, 0.3) is 0 Å². The van der Waals surface area contributed by atoms with Gasteiger partial charge in [0.15, 0.2) is 6.10 Å². The topological polar surface area (TPSA) is 78.9 Å². The second kappa shape index (κ2) is 49.7. The van der Waals surface area contributed by atoms with Gasteiger partial charge in [-0.3, -0.25) is 14.4 Å². The molecule has 0 saturated carbocycles. The maximum Gasteiger partial charge on any atom is 0.306 e. The fourth-order valence-corrected chi connectivity index (χ4v) is 6.35. The van der Waals surface area contributed by atoms with Crippen molar-refractivity contribution in [3.8, 4) is 0 Å².